The van der Waals surface area contributed by atoms with E-state index < -0.39 is 35.3 Å². The molecule has 174 valence electrons. The Morgan fingerprint density at radius 3 is 2.19 bits per heavy atom. The van der Waals surface area contributed by atoms with Crippen LogP contribution in [-0.4, -0.2) is 32.2 Å². The maximum absolute atomic E-state index is 13.6. The second-order valence-corrected chi connectivity index (χ2v) is 7.60. The molecule has 3 rings (SSSR count). The van der Waals surface area contributed by atoms with E-state index in [9.17, 15) is 31.1 Å². The Bertz CT molecular complexity index is 935. The molecule has 1 atom stereocenters. The Balaban J connectivity index is 1.72. The lowest BCUT2D eigenvalue weighted by Crippen LogP contribution is -2.36. The molecule has 0 saturated carbocycles. The van der Waals surface area contributed by atoms with Crippen molar-refractivity contribution in [1.29, 1.82) is 0 Å². The zero-order valence-electron chi connectivity index (χ0n) is 17.2. The molecule has 1 aliphatic rings. The molecule has 0 radical (unpaired) electrons. The number of hydrogen-bond donors (Lipinski definition) is 1. The van der Waals surface area contributed by atoms with Crippen LogP contribution in [0.4, 0.5) is 37.7 Å². The monoisotopic (exact) mass is 460 g/mol. The normalized spacial score (nSPS) is 16.0. The van der Waals surface area contributed by atoms with E-state index in [1.807, 2.05) is 0 Å². The second kappa shape index (κ2) is 9.40. The minimum atomic E-state index is -4.68. The third kappa shape index (κ3) is 5.93. The van der Waals surface area contributed by atoms with Gasteiger partial charge in [0.25, 0.3) is 0 Å². The quantitative estimate of drug-likeness (QED) is 0.583. The molecule has 1 heterocycles. The summed E-state index contributed by atoms with van der Waals surface area (Å²) in [4.78, 5) is 14.2. The highest BCUT2D eigenvalue weighted by Gasteiger charge is 2.35. The molecule has 1 unspecified atom stereocenters. The Morgan fingerprint density at radius 1 is 1.00 bits per heavy atom. The fraction of sp³-hybridized carbons (Fsp3) is 0.409. The highest BCUT2D eigenvalue weighted by molar-refractivity contribution is 5.92. The van der Waals surface area contributed by atoms with E-state index in [1.54, 1.807) is 11.8 Å². The van der Waals surface area contributed by atoms with Gasteiger partial charge in [-0.1, -0.05) is 19.1 Å². The average Bonchev–Trinajstić information content (AvgIpc) is 2.73. The van der Waals surface area contributed by atoms with Gasteiger partial charge in [0.2, 0.25) is 5.91 Å². The number of anilines is 2. The number of amides is 1. The van der Waals surface area contributed by atoms with E-state index in [0.29, 0.717) is 37.6 Å². The molecular formula is C22H22F6N2O2. The molecule has 2 aromatic rings. The van der Waals surface area contributed by atoms with Gasteiger partial charge in [-0.15, -0.1) is 0 Å². The Labute approximate surface area is 181 Å². The van der Waals surface area contributed by atoms with Gasteiger partial charge in [-0.05, 0) is 41.8 Å². The molecular weight excluding hydrogens is 438 g/mol. The number of hydrogen-bond acceptors (Lipinski definition) is 3. The number of carbonyl (C=O) groups is 1. The molecule has 1 saturated heterocycles. The summed E-state index contributed by atoms with van der Waals surface area (Å²) in [7, 11) is 0. The number of ether oxygens (including phenoxy) is 1. The van der Waals surface area contributed by atoms with E-state index in [2.05, 4.69) is 5.32 Å². The predicted octanol–water partition coefficient (Wildman–Crippen LogP) is 5.69. The number of carbonyl (C=O) groups excluding carboxylic acids is 1. The van der Waals surface area contributed by atoms with Crippen LogP contribution in [-0.2, 0) is 21.9 Å². The molecule has 1 N–H and O–H groups in total. The van der Waals surface area contributed by atoms with Crippen LogP contribution in [0.1, 0.15) is 36.0 Å². The second-order valence-electron chi connectivity index (χ2n) is 7.60. The molecule has 2 aromatic carbocycles. The van der Waals surface area contributed by atoms with Crippen LogP contribution in [0.15, 0.2) is 42.5 Å². The number of nitrogens with zero attached hydrogens (tertiary/aromatic N) is 1. The van der Waals surface area contributed by atoms with Gasteiger partial charge in [0.1, 0.15) is 0 Å². The standard InChI is InChI=1S/C22H22F6N2O2/c1-14(15-2-4-16(5-3-15)21(23,24)25)12-20(31)29-19-7-6-17(13-18(19)22(26,27)28)30-8-10-32-11-9-30/h2-7,13-14H,8-12H2,1H3,(H,29,31). The van der Waals surface area contributed by atoms with Gasteiger partial charge >= 0.3 is 12.4 Å². The van der Waals surface area contributed by atoms with E-state index in [-0.39, 0.29) is 12.1 Å². The minimum Gasteiger partial charge on any atom is -0.378 e. The number of alkyl halides is 6. The van der Waals surface area contributed by atoms with Crippen molar-refractivity contribution in [2.24, 2.45) is 0 Å². The van der Waals surface area contributed by atoms with Crippen molar-refractivity contribution in [2.45, 2.75) is 31.6 Å². The van der Waals surface area contributed by atoms with Crippen molar-refractivity contribution >= 4 is 17.3 Å². The zero-order chi connectivity index (χ0) is 23.5. The first-order chi connectivity index (χ1) is 14.9. The van der Waals surface area contributed by atoms with Gasteiger partial charge in [0.15, 0.2) is 0 Å². The molecule has 1 fully saturated rings. The summed E-state index contributed by atoms with van der Waals surface area (Å²) in [6.45, 7) is 3.39. The molecule has 0 bridgehead atoms. The molecule has 0 aromatic heterocycles. The number of halogens is 6. The van der Waals surface area contributed by atoms with Gasteiger partial charge in [0.05, 0.1) is 30.0 Å². The van der Waals surface area contributed by atoms with Crippen molar-refractivity contribution in [3.8, 4) is 0 Å². The molecule has 10 heteroatoms. The van der Waals surface area contributed by atoms with E-state index in [4.69, 9.17) is 4.74 Å². The summed E-state index contributed by atoms with van der Waals surface area (Å²) < 4.78 is 84.1. The predicted molar refractivity (Wildman–Crippen MR) is 108 cm³/mol. The molecule has 1 amide bonds. The summed E-state index contributed by atoms with van der Waals surface area (Å²) in [6.07, 6.45) is -9.33. The fourth-order valence-corrected chi connectivity index (χ4v) is 3.49. The van der Waals surface area contributed by atoms with Crippen molar-refractivity contribution in [3.63, 3.8) is 0 Å². The van der Waals surface area contributed by atoms with Crippen molar-refractivity contribution in [1.82, 2.24) is 0 Å². The Kier molecular flexibility index (Phi) is 7.02. The fourth-order valence-electron chi connectivity index (χ4n) is 3.49. The minimum absolute atomic E-state index is 0.187. The number of benzene rings is 2. The van der Waals surface area contributed by atoms with Crippen LogP contribution in [0, 0.1) is 0 Å². The third-order valence-corrected chi connectivity index (χ3v) is 5.26. The summed E-state index contributed by atoms with van der Waals surface area (Å²) in [5.41, 5.74) is -1.27. The van der Waals surface area contributed by atoms with E-state index >= 15 is 0 Å². The van der Waals surface area contributed by atoms with Gasteiger partial charge in [0, 0.05) is 25.2 Å². The Morgan fingerprint density at radius 2 is 1.62 bits per heavy atom. The summed E-state index contributed by atoms with van der Waals surface area (Å²) >= 11 is 0. The van der Waals surface area contributed by atoms with Gasteiger partial charge in [-0.2, -0.15) is 26.3 Å². The lowest BCUT2D eigenvalue weighted by molar-refractivity contribution is -0.138. The van der Waals surface area contributed by atoms with Crippen LogP contribution in [0.25, 0.3) is 0 Å². The van der Waals surface area contributed by atoms with Gasteiger partial charge < -0.3 is 15.0 Å². The van der Waals surface area contributed by atoms with Crippen LogP contribution >= 0.6 is 0 Å². The highest BCUT2D eigenvalue weighted by Crippen LogP contribution is 2.38. The number of morpholine rings is 1. The summed E-state index contributed by atoms with van der Waals surface area (Å²) in [6, 6.07) is 8.08. The first-order valence-electron chi connectivity index (χ1n) is 9.96. The first-order valence-corrected chi connectivity index (χ1v) is 9.96. The molecule has 4 nitrogen and oxygen atoms in total. The summed E-state index contributed by atoms with van der Waals surface area (Å²) in [5, 5.41) is 2.30. The third-order valence-electron chi connectivity index (χ3n) is 5.26. The topological polar surface area (TPSA) is 41.6 Å². The highest BCUT2D eigenvalue weighted by atomic mass is 19.4. The molecule has 1 aliphatic heterocycles. The van der Waals surface area contributed by atoms with Crippen molar-refractivity contribution < 1.29 is 35.9 Å². The smallest absolute Gasteiger partial charge is 0.378 e. The first kappa shape index (κ1) is 23.9. The van der Waals surface area contributed by atoms with E-state index in [0.717, 1.165) is 18.2 Å². The average molecular weight is 460 g/mol. The van der Waals surface area contributed by atoms with Crippen LogP contribution in [0.5, 0.6) is 0 Å². The zero-order valence-corrected chi connectivity index (χ0v) is 17.2. The lowest BCUT2D eigenvalue weighted by Gasteiger charge is -2.29. The molecule has 32 heavy (non-hydrogen) atoms. The van der Waals surface area contributed by atoms with Crippen LogP contribution < -0.4 is 10.2 Å². The van der Waals surface area contributed by atoms with E-state index in [1.165, 1.54) is 24.3 Å². The largest absolute Gasteiger partial charge is 0.418 e. The van der Waals surface area contributed by atoms with Crippen LogP contribution in [0.3, 0.4) is 0 Å². The van der Waals surface area contributed by atoms with Gasteiger partial charge in [-0.3, -0.25) is 4.79 Å². The summed E-state index contributed by atoms with van der Waals surface area (Å²) in [5.74, 6) is -1.15. The Hall–Kier alpha value is -2.75. The van der Waals surface area contributed by atoms with Gasteiger partial charge in [-0.25, -0.2) is 0 Å². The number of rotatable bonds is 5. The SMILES string of the molecule is CC(CC(=O)Nc1ccc(N2CCOCC2)cc1C(F)(F)F)c1ccc(C(F)(F)F)cc1. The van der Waals surface area contributed by atoms with Crippen molar-refractivity contribution in [3.05, 3.63) is 59.2 Å². The molecule has 0 aliphatic carbocycles. The number of nitrogens with one attached hydrogen (secondary N) is 1. The lowest BCUT2D eigenvalue weighted by atomic mass is 9.96. The van der Waals surface area contributed by atoms with Crippen LogP contribution in [0.2, 0.25) is 0 Å². The van der Waals surface area contributed by atoms with Crippen molar-refractivity contribution in [2.75, 3.05) is 36.5 Å². The maximum atomic E-state index is 13.6. The molecule has 0 spiro atoms. The maximum Gasteiger partial charge on any atom is 0.418 e.